The lowest BCUT2D eigenvalue weighted by molar-refractivity contribution is -0.107. The first kappa shape index (κ1) is 10.7. The van der Waals surface area contributed by atoms with Crippen molar-refractivity contribution < 1.29 is 4.79 Å². The number of hydrogen-bond donors (Lipinski definition) is 0. The molecule has 1 aliphatic carbocycles. The van der Waals surface area contributed by atoms with Crippen LogP contribution in [0.3, 0.4) is 0 Å². The molecule has 0 saturated heterocycles. The molecule has 0 amide bonds. The van der Waals surface area contributed by atoms with Crippen LogP contribution in [-0.4, -0.2) is 6.29 Å². The Bertz CT molecular complexity index is 125. The van der Waals surface area contributed by atoms with Gasteiger partial charge in [-0.25, -0.2) is 0 Å². The van der Waals surface area contributed by atoms with Crippen LogP contribution in [0.25, 0.3) is 0 Å². The predicted octanol–water partition coefficient (Wildman–Crippen LogP) is 3.72. The first-order valence-electron chi connectivity index (χ1n) is 5.87. The largest absolute Gasteiger partial charge is 0.303 e. The summed E-state index contributed by atoms with van der Waals surface area (Å²) in [6, 6.07) is 0. The third-order valence-corrected chi connectivity index (χ3v) is 3.16. The van der Waals surface area contributed by atoms with Crippen LogP contribution >= 0.6 is 0 Å². The Morgan fingerprint density at radius 2 is 1.77 bits per heavy atom. The van der Waals surface area contributed by atoms with E-state index < -0.39 is 0 Å². The molecule has 0 N–H and O–H groups in total. The fourth-order valence-electron chi connectivity index (χ4n) is 2.31. The molecule has 1 saturated carbocycles. The van der Waals surface area contributed by atoms with Crippen molar-refractivity contribution in [2.45, 2.75) is 64.2 Å². The summed E-state index contributed by atoms with van der Waals surface area (Å²) in [7, 11) is 0. The van der Waals surface area contributed by atoms with Crippen LogP contribution in [0, 0.1) is 5.92 Å². The molecule has 0 heterocycles. The molecule has 0 aromatic carbocycles. The molecule has 1 heteroatoms. The fourth-order valence-corrected chi connectivity index (χ4v) is 2.31. The third kappa shape index (κ3) is 5.07. The van der Waals surface area contributed by atoms with Crippen molar-refractivity contribution in [2.75, 3.05) is 0 Å². The lowest BCUT2D eigenvalue weighted by atomic mass is 9.85. The van der Waals surface area contributed by atoms with Crippen LogP contribution < -0.4 is 0 Å². The van der Waals surface area contributed by atoms with Gasteiger partial charge >= 0.3 is 0 Å². The molecule has 0 atom stereocenters. The quantitative estimate of drug-likeness (QED) is 0.452. The van der Waals surface area contributed by atoms with E-state index in [2.05, 4.69) is 0 Å². The summed E-state index contributed by atoms with van der Waals surface area (Å²) in [6.45, 7) is 0. The summed E-state index contributed by atoms with van der Waals surface area (Å²) in [4.78, 5) is 10.1. The number of aldehydes is 1. The van der Waals surface area contributed by atoms with Crippen LogP contribution in [0.5, 0.6) is 0 Å². The maximum atomic E-state index is 10.1. The Morgan fingerprint density at radius 3 is 2.46 bits per heavy atom. The first-order valence-corrected chi connectivity index (χ1v) is 5.87. The molecular formula is C12H22O. The van der Waals surface area contributed by atoms with Crippen molar-refractivity contribution in [3.8, 4) is 0 Å². The second-order valence-electron chi connectivity index (χ2n) is 4.31. The highest BCUT2D eigenvalue weighted by molar-refractivity contribution is 5.48. The summed E-state index contributed by atoms with van der Waals surface area (Å²) >= 11 is 0. The highest BCUT2D eigenvalue weighted by Crippen LogP contribution is 2.27. The number of carbonyl (C=O) groups excluding carboxylic acids is 1. The van der Waals surface area contributed by atoms with Gasteiger partial charge in [-0.2, -0.15) is 0 Å². The second-order valence-corrected chi connectivity index (χ2v) is 4.31. The first-order chi connectivity index (χ1) is 6.43. The van der Waals surface area contributed by atoms with E-state index in [1.54, 1.807) is 0 Å². The van der Waals surface area contributed by atoms with Gasteiger partial charge in [-0.1, -0.05) is 51.4 Å². The zero-order valence-electron chi connectivity index (χ0n) is 8.63. The number of carbonyl (C=O) groups is 1. The SMILES string of the molecule is O=CCCCCCC1CCCCC1. The molecule has 1 fully saturated rings. The van der Waals surface area contributed by atoms with Crippen LogP contribution in [0.4, 0.5) is 0 Å². The van der Waals surface area contributed by atoms with Crippen molar-refractivity contribution in [3.63, 3.8) is 0 Å². The van der Waals surface area contributed by atoms with E-state index in [9.17, 15) is 4.79 Å². The van der Waals surface area contributed by atoms with Gasteiger partial charge in [0.2, 0.25) is 0 Å². The van der Waals surface area contributed by atoms with Crippen molar-refractivity contribution in [2.24, 2.45) is 5.92 Å². The van der Waals surface area contributed by atoms with Crippen molar-refractivity contribution in [1.82, 2.24) is 0 Å². The Kier molecular flexibility index (Phi) is 5.88. The Hall–Kier alpha value is -0.330. The molecule has 0 aromatic heterocycles. The number of unbranched alkanes of at least 4 members (excludes halogenated alkanes) is 3. The average molecular weight is 182 g/mol. The minimum Gasteiger partial charge on any atom is -0.303 e. The smallest absolute Gasteiger partial charge is 0.119 e. The van der Waals surface area contributed by atoms with Crippen molar-refractivity contribution in [3.05, 3.63) is 0 Å². The lowest BCUT2D eigenvalue weighted by Gasteiger charge is -2.21. The van der Waals surface area contributed by atoms with Gasteiger partial charge in [-0.15, -0.1) is 0 Å². The minimum absolute atomic E-state index is 0.769. The van der Waals surface area contributed by atoms with Gasteiger partial charge in [0.15, 0.2) is 0 Å². The highest BCUT2D eigenvalue weighted by atomic mass is 16.1. The monoisotopic (exact) mass is 182 g/mol. The molecule has 0 aromatic rings. The summed E-state index contributed by atoms with van der Waals surface area (Å²) in [5.41, 5.74) is 0. The van der Waals surface area contributed by atoms with Gasteiger partial charge in [0.1, 0.15) is 6.29 Å². The average Bonchev–Trinajstić information content (AvgIpc) is 2.19. The summed E-state index contributed by atoms with van der Waals surface area (Å²) in [5, 5.41) is 0. The summed E-state index contributed by atoms with van der Waals surface area (Å²) < 4.78 is 0. The van der Waals surface area contributed by atoms with Crippen LogP contribution in [0.2, 0.25) is 0 Å². The molecule has 76 valence electrons. The van der Waals surface area contributed by atoms with Gasteiger partial charge in [-0.05, 0) is 12.3 Å². The molecule has 13 heavy (non-hydrogen) atoms. The maximum Gasteiger partial charge on any atom is 0.119 e. The molecular weight excluding hydrogens is 160 g/mol. The Balaban J connectivity index is 1.89. The van der Waals surface area contributed by atoms with Gasteiger partial charge in [-0.3, -0.25) is 0 Å². The number of rotatable bonds is 6. The van der Waals surface area contributed by atoms with E-state index >= 15 is 0 Å². The minimum atomic E-state index is 0.769. The topological polar surface area (TPSA) is 17.1 Å². The third-order valence-electron chi connectivity index (χ3n) is 3.16. The van der Waals surface area contributed by atoms with Gasteiger partial charge in [0, 0.05) is 6.42 Å². The molecule has 0 aliphatic heterocycles. The fraction of sp³-hybridized carbons (Fsp3) is 0.917. The zero-order chi connectivity index (χ0) is 9.36. The van der Waals surface area contributed by atoms with Crippen LogP contribution in [-0.2, 0) is 4.79 Å². The van der Waals surface area contributed by atoms with E-state index in [-0.39, 0.29) is 0 Å². The summed E-state index contributed by atoms with van der Waals surface area (Å²) in [5.74, 6) is 1.02. The van der Waals surface area contributed by atoms with E-state index in [0.29, 0.717) is 0 Å². The van der Waals surface area contributed by atoms with Crippen LogP contribution in [0.1, 0.15) is 64.2 Å². The molecule has 0 spiro atoms. The van der Waals surface area contributed by atoms with E-state index in [1.807, 2.05) is 0 Å². The van der Waals surface area contributed by atoms with Crippen molar-refractivity contribution >= 4 is 6.29 Å². The standard InChI is InChI=1S/C12H22O/c13-11-7-2-1-4-8-12-9-5-3-6-10-12/h11-12H,1-10H2. The van der Waals surface area contributed by atoms with Gasteiger partial charge in [0.25, 0.3) is 0 Å². The molecule has 1 aliphatic rings. The van der Waals surface area contributed by atoms with Crippen LogP contribution in [0.15, 0.2) is 0 Å². The Morgan fingerprint density at radius 1 is 1.00 bits per heavy atom. The molecule has 0 radical (unpaired) electrons. The maximum absolute atomic E-state index is 10.1. The molecule has 1 nitrogen and oxygen atoms in total. The highest BCUT2D eigenvalue weighted by Gasteiger charge is 2.12. The summed E-state index contributed by atoms with van der Waals surface area (Å²) in [6.07, 6.45) is 14.2. The lowest BCUT2D eigenvalue weighted by Crippen LogP contribution is -2.05. The predicted molar refractivity (Wildman–Crippen MR) is 55.7 cm³/mol. The second kappa shape index (κ2) is 7.11. The molecule has 0 unspecified atom stereocenters. The van der Waals surface area contributed by atoms with E-state index in [1.165, 1.54) is 51.4 Å². The van der Waals surface area contributed by atoms with E-state index in [0.717, 1.165) is 25.0 Å². The molecule has 0 bridgehead atoms. The van der Waals surface area contributed by atoms with E-state index in [4.69, 9.17) is 0 Å². The zero-order valence-corrected chi connectivity index (χ0v) is 8.63. The molecule has 1 rings (SSSR count). The van der Waals surface area contributed by atoms with Crippen molar-refractivity contribution in [1.29, 1.82) is 0 Å². The van der Waals surface area contributed by atoms with Gasteiger partial charge in [0.05, 0.1) is 0 Å². The Labute approximate surface area is 81.9 Å². The normalized spacial score (nSPS) is 18.8. The van der Waals surface area contributed by atoms with Gasteiger partial charge < -0.3 is 4.79 Å². The number of hydrogen-bond acceptors (Lipinski definition) is 1.